The maximum absolute atomic E-state index is 12.6. The Morgan fingerprint density at radius 1 is 1.13 bits per heavy atom. The first-order chi connectivity index (χ1) is 11.0. The molecule has 1 amide bonds. The summed E-state index contributed by atoms with van der Waals surface area (Å²) in [5.74, 6) is -2.11. The Hall–Kier alpha value is -2.54. The first kappa shape index (κ1) is 15.4. The molecule has 7 heteroatoms. The van der Waals surface area contributed by atoms with Crippen LogP contribution in [0.4, 0.5) is 5.69 Å². The summed E-state index contributed by atoms with van der Waals surface area (Å²) >= 11 is 0. The standard InChI is InChI=1S/C16H17NO6/c1-21-8-3-4-10(22-2)9(7-8)17-15(18)13-11-5-6-12(23-11)14(13)16(19)20/h3-7,11-14H,1-2H3,(H,17,18)(H,19,20)/t11-,12-,13-,14+/m1/s1. The van der Waals surface area contributed by atoms with Crippen LogP contribution in [0, 0.1) is 11.8 Å². The van der Waals surface area contributed by atoms with Crippen LogP contribution in [0.5, 0.6) is 11.5 Å². The lowest BCUT2D eigenvalue weighted by molar-refractivity contribution is -0.145. The van der Waals surface area contributed by atoms with Crippen molar-refractivity contribution in [1.82, 2.24) is 0 Å². The average molecular weight is 319 g/mol. The Labute approximate surface area is 132 Å². The number of methoxy groups -OCH3 is 2. The average Bonchev–Trinajstić information content (AvgIpc) is 3.15. The van der Waals surface area contributed by atoms with E-state index in [1.807, 2.05) is 0 Å². The number of hydrogen-bond donors (Lipinski definition) is 2. The molecule has 1 fully saturated rings. The van der Waals surface area contributed by atoms with E-state index < -0.39 is 35.9 Å². The van der Waals surface area contributed by atoms with E-state index in [9.17, 15) is 14.7 Å². The van der Waals surface area contributed by atoms with Gasteiger partial charge in [-0.1, -0.05) is 12.2 Å². The highest BCUT2D eigenvalue weighted by Crippen LogP contribution is 2.40. The first-order valence-corrected chi connectivity index (χ1v) is 7.14. The van der Waals surface area contributed by atoms with Gasteiger partial charge in [0.05, 0.1) is 38.0 Å². The number of carboxylic acid groups (broad SMARTS) is 1. The minimum atomic E-state index is -1.04. The summed E-state index contributed by atoms with van der Waals surface area (Å²) < 4.78 is 15.9. The number of fused-ring (bicyclic) bond motifs is 2. The number of carbonyl (C=O) groups is 2. The van der Waals surface area contributed by atoms with E-state index in [1.165, 1.54) is 14.2 Å². The lowest BCUT2D eigenvalue weighted by Gasteiger charge is -2.21. The number of ether oxygens (including phenoxy) is 3. The normalized spacial score (nSPS) is 27.7. The Kier molecular flexibility index (Phi) is 3.96. The van der Waals surface area contributed by atoms with E-state index in [1.54, 1.807) is 30.4 Å². The van der Waals surface area contributed by atoms with E-state index >= 15 is 0 Å². The van der Waals surface area contributed by atoms with Crippen molar-refractivity contribution in [2.24, 2.45) is 11.8 Å². The molecule has 2 bridgehead atoms. The highest BCUT2D eigenvalue weighted by molar-refractivity contribution is 5.97. The second-order valence-corrected chi connectivity index (χ2v) is 5.40. The molecule has 2 N–H and O–H groups in total. The SMILES string of the molecule is COc1ccc(OC)c(NC(=O)[C@H]2[C@@H](C(=O)O)[C@H]3C=C[C@H]2O3)c1. The molecule has 2 aliphatic rings. The summed E-state index contributed by atoms with van der Waals surface area (Å²) in [4.78, 5) is 24.0. The summed E-state index contributed by atoms with van der Waals surface area (Å²) in [5, 5.41) is 12.1. The predicted octanol–water partition coefficient (Wildman–Crippen LogP) is 1.30. The van der Waals surface area contributed by atoms with Gasteiger partial charge in [0.25, 0.3) is 0 Å². The second-order valence-electron chi connectivity index (χ2n) is 5.40. The molecule has 1 aromatic carbocycles. The fraction of sp³-hybridized carbons (Fsp3) is 0.375. The van der Waals surface area contributed by atoms with Gasteiger partial charge in [-0.25, -0.2) is 0 Å². The molecule has 0 aromatic heterocycles. The van der Waals surface area contributed by atoms with Crippen LogP contribution in [0.25, 0.3) is 0 Å². The predicted molar refractivity (Wildman–Crippen MR) is 80.6 cm³/mol. The van der Waals surface area contributed by atoms with Crippen LogP contribution in [-0.4, -0.2) is 43.4 Å². The number of amides is 1. The minimum Gasteiger partial charge on any atom is -0.497 e. The van der Waals surface area contributed by atoms with E-state index in [-0.39, 0.29) is 0 Å². The van der Waals surface area contributed by atoms with Gasteiger partial charge < -0.3 is 24.6 Å². The van der Waals surface area contributed by atoms with Gasteiger partial charge in [-0.2, -0.15) is 0 Å². The van der Waals surface area contributed by atoms with E-state index in [4.69, 9.17) is 14.2 Å². The van der Waals surface area contributed by atoms with Gasteiger partial charge in [0, 0.05) is 6.07 Å². The monoisotopic (exact) mass is 319 g/mol. The number of hydrogen-bond acceptors (Lipinski definition) is 5. The van der Waals surface area contributed by atoms with E-state index in [0.717, 1.165) is 0 Å². The van der Waals surface area contributed by atoms with Gasteiger partial charge in [-0.15, -0.1) is 0 Å². The topological polar surface area (TPSA) is 94.1 Å². The van der Waals surface area contributed by atoms with Gasteiger partial charge in [-0.05, 0) is 12.1 Å². The molecule has 0 spiro atoms. The number of anilines is 1. The highest BCUT2D eigenvalue weighted by atomic mass is 16.5. The molecular weight excluding hydrogens is 302 g/mol. The molecule has 0 saturated carbocycles. The van der Waals surface area contributed by atoms with E-state index in [0.29, 0.717) is 17.2 Å². The van der Waals surface area contributed by atoms with Crippen molar-refractivity contribution in [2.75, 3.05) is 19.5 Å². The molecule has 2 aliphatic heterocycles. The molecular formula is C16H17NO6. The quantitative estimate of drug-likeness (QED) is 0.795. The van der Waals surface area contributed by atoms with Crippen molar-refractivity contribution < 1.29 is 28.9 Å². The molecule has 1 aromatic rings. The lowest BCUT2D eigenvalue weighted by atomic mass is 9.82. The van der Waals surface area contributed by atoms with Crippen molar-refractivity contribution in [3.8, 4) is 11.5 Å². The molecule has 1 saturated heterocycles. The maximum Gasteiger partial charge on any atom is 0.310 e. The number of carbonyl (C=O) groups excluding carboxylic acids is 1. The smallest absolute Gasteiger partial charge is 0.310 e. The van der Waals surface area contributed by atoms with Crippen LogP contribution in [0.2, 0.25) is 0 Å². The fourth-order valence-corrected chi connectivity index (χ4v) is 3.04. The van der Waals surface area contributed by atoms with Crippen LogP contribution in [0.15, 0.2) is 30.4 Å². The third-order valence-corrected chi connectivity index (χ3v) is 4.15. The molecule has 0 unspecified atom stereocenters. The third-order valence-electron chi connectivity index (χ3n) is 4.15. The zero-order valence-corrected chi connectivity index (χ0v) is 12.7. The molecule has 122 valence electrons. The van der Waals surface area contributed by atoms with Crippen LogP contribution in [-0.2, 0) is 14.3 Å². The van der Waals surface area contributed by atoms with Crippen LogP contribution in [0.3, 0.4) is 0 Å². The fourth-order valence-electron chi connectivity index (χ4n) is 3.04. The van der Waals surface area contributed by atoms with Gasteiger partial charge in [-0.3, -0.25) is 9.59 Å². The zero-order valence-electron chi connectivity index (χ0n) is 12.7. The Balaban J connectivity index is 1.84. The van der Waals surface area contributed by atoms with Crippen molar-refractivity contribution in [3.63, 3.8) is 0 Å². The van der Waals surface area contributed by atoms with Gasteiger partial charge >= 0.3 is 5.97 Å². The molecule has 0 aliphatic carbocycles. The minimum absolute atomic E-state index is 0.416. The van der Waals surface area contributed by atoms with Gasteiger partial charge in [0.1, 0.15) is 17.4 Å². The van der Waals surface area contributed by atoms with Crippen molar-refractivity contribution >= 4 is 17.6 Å². The largest absolute Gasteiger partial charge is 0.497 e. The van der Waals surface area contributed by atoms with Gasteiger partial charge in [0.15, 0.2) is 0 Å². The molecule has 0 radical (unpaired) electrons. The van der Waals surface area contributed by atoms with Crippen molar-refractivity contribution in [1.29, 1.82) is 0 Å². The maximum atomic E-state index is 12.6. The summed E-state index contributed by atoms with van der Waals surface area (Å²) in [5.41, 5.74) is 0.424. The Morgan fingerprint density at radius 3 is 2.43 bits per heavy atom. The molecule has 2 heterocycles. The summed E-state index contributed by atoms with van der Waals surface area (Å²) in [6.45, 7) is 0. The van der Waals surface area contributed by atoms with Crippen LogP contribution >= 0.6 is 0 Å². The van der Waals surface area contributed by atoms with Crippen LogP contribution < -0.4 is 14.8 Å². The number of rotatable bonds is 5. The zero-order chi connectivity index (χ0) is 16.6. The summed E-state index contributed by atoms with van der Waals surface area (Å²) in [6.07, 6.45) is 2.36. The number of carboxylic acids is 1. The Morgan fingerprint density at radius 2 is 1.83 bits per heavy atom. The number of aliphatic carboxylic acids is 1. The van der Waals surface area contributed by atoms with Crippen LogP contribution in [0.1, 0.15) is 0 Å². The molecule has 4 atom stereocenters. The number of nitrogens with one attached hydrogen (secondary N) is 1. The lowest BCUT2D eigenvalue weighted by Crippen LogP contribution is -2.39. The first-order valence-electron chi connectivity index (χ1n) is 7.14. The Bertz CT molecular complexity index is 671. The number of benzene rings is 1. The third kappa shape index (κ3) is 2.63. The summed E-state index contributed by atoms with van der Waals surface area (Å²) in [6, 6.07) is 4.99. The summed E-state index contributed by atoms with van der Waals surface area (Å²) in [7, 11) is 3.00. The molecule has 3 rings (SSSR count). The molecule has 7 nitrogen and oxygen atoms in total. The van der Waals surface area contributed by atoms with Crippen molar-refractivity contribution in [3.05, 3.63) is 30.4 Å². The second kappa shape index (κ2) is 5.92. The van der Waals surface area contributed by atoms with E-state index in [2.05, 4.69) is 5.32 Å². The van der Waals surface area contributed by atoms with Crippen molar-refractivity contribution in [2.45, 2.75) is 12.2 Å². The van der Waals surface area contributed by atoms with Gasteiger partial charge in [0.2, 0.25) is 5.91 Å². The highest BCUT2D eigenvalue weighted by Gasteiger charge is 2.53. The molecule has 23 heavy (non-hydrogen) atoms.